The minimum Gasteiger partial charge on any atom is -0.457 e. The highest BCUT2D eigenvalue weighted by atomic mass is 16.5. The van der Waals surface area contributed by atoms with Gasteiger partial charge in [-0.2, -0.15) is 0 Å². The molecular formula is C11H11NO. The number of hydrogen-bond donors (Lipinski definition) is 1. The van der Waals surface area contributed by atoms with Gasteiger partial charge in [0.1, 0.15) is 11.5 Å². The number of nitrogens with two attached hydrogens (primary N) is 1. The Labute approximate surface area is 77.3 Å². The zero-order chi connectivity index (χ0) is 9.42. The quantitative estimate of drug-likeness (QED) is 0.612. The maximum atomic E-state index is 5.77. The predicted octanol–water partition coefficient (Wildman–Crippen LogP) is 2.50. The second-order valence-corrected chi connectivity index (χ2v) is 3.09. The maximum absolute atomic E-state index is 5.77. The van der Waals surface area contributed by atoms with Crippen LogP contribution in [0.4, 0.5) is 5.69 Å². The molecule has 1 heterocycles. The molecule has 2 nitrogen and oxygen atoms in total. The number of hydrogen-bond acceptors (Lipinski definition) is 2. The molecule has 0 amide bonds. The molecule has 2 heteroatoms. The fraction of sp³-hybridized carbons (Fsp3) is 0.0909. The van der Waals surface area contributed by atoms with Gasteiger partial charge < -0.3 is 10.5 Å². The number of nitrogen functional groups attached to an aromatic ring is 1. The molecule has 0 aliphatic carbocycles. The number of ether oxygens (including phenoxy) is 1. The first-order valence-corrected chi connectivity index (χ1v) is 4.12. The van der Waals surface area contributed by atoms with Gasteiger partial charge in [-0.05, 0) is 36.8 Å². The highest BCUT2D eigenvalue weighted by molar-refractivity contribution is 5.71. The minimum absolute atomic E-state index is 0.664. The van der Waals surface area contributed by atoms with Gasteiger partial charge in [0.15, 0.2) is 0 Å². The Morgan fingerprint density at radius 3 is 2.85 bits per heavy atom. The zero-order valence-electron chi connectivity index (χ0n) is 7.50. The fourth-order valence-corrected chi connectivity index (χ4v) is 1.37. The van der Waals surface area contributed by atoms with Crippen LogP contribution in [0, 0.1) is 6.92 Å². The van der Waals surface area contributed by atoms with Gasteiger partial charge in [0.25, 0.3) is 0 Å². The number of fused-ring (bicyclic) bond motifs is 1. The predicted molar refractivity (Wildman–Crippen MR) is 54.4 cm³/mol. The van der Waals surface area contributed by atoms with Crippen LogP contribution in [-0.4, -0.2) is 0 Å². The fourth-order valence-electron chi connectivity index (χ4n) is 1.37. The number of allylic oxidation sites excluding steroid dienone is 1. The normalized spacial score (nSPS) is 13.8. The molecule has 0 fully saturated rings. The SMILES string of the molecule is C=C1C=Cc2c(ccc(N)c2C)O1. The molecule has 0 spiro atoms. The Bertz CT molecular complexity index is 405. The van der Waals surface area contributed by atoms with Crippen LogP contribution in [0.2, 0.25) is 0 Å². The van der Waals surface area contributed by atoms with Crippen molar-refractivity contribution in [1.82, 2.24) is 0 Å². The molecule has 2 N–H and O–H groups in total. The van der Waals surface area contributed by atoms with E-state index in [4.69, 9.17) is 10.5 Å². The van der Waals surface area contributed by atoms with E-state index in [0.29, 0.717) is 5.76 Å². The summed E-state index contributed by atoms with van der Waals surface area (Å²) in [5.41, 5.74) is 8.66. The minimum atomic E-state index is 0.664. The monoisotopic (exact) mass is 173 g/mol. The van der Waals surface area contributed by atoms with Gasteiger partial charge in [-0.25, -0.2) is 0 Å². The Balaban J connectivity index is 2.63. The Hall–Kier alpha value is -1.70. The summed E-state index contributed by atoms with van der Waals surface area (Å²) in [7, 11) is 0. The van der Waals surface area contributed by atoms with Crippen LogP contribution in [-0.2, 0) is 0 Å². The van der Waals surface area contributed by atoms with Crippen molar-refractivity contribution < 1.29 is 4.74 Å². The van der Waals surface area contributed by atoms with E-state index in [9.17, 15) is 0 Å². The molecule has 13 heavy (non-hydrogen) atoms. The van der Waals surface area contributed by atoms with Crippen LogP contribution in [0.25, 0.3) is 6.08 Å². The molecular weight excluding hydrogens is 162 g/mol. The summed E-state index contributed by atoms with van der Waals surface area (Å²) in [6.07, 6.45) is 3.82. The van der Waals surface area contributed by atoms with E-state index in [0.717, 1.165) is 22.6 Å². The van der Waals surface area contributed by atoms with Crippen molar-refractivity contribution >= 4 is 11.8 Å². The second kappa shape index (κ2) is 2.66. The van der Waals surface area contributed by atoms with Gasteiger partial charge in [-0.15, -0.1) is 0 Å². The van der Waals surface area contributed by atoms with E-state index in [-0.39, 0.29) is 0 Å². The number of benzene rings is 1. The molecule has 2 rings (SSSR count). The summed E-state index contributed by atoms with van der Waals surface area (Å²) in [5.74, 6) is 1.50. The summed E-state index contributed by atoms with van der Waals surface area (Å²) < 4.78 is 5.43. The number of rotatable bonds is 0. The average Bonchev–Trinajstić information content (AvgIpc) is 2.12. The lowest BCUT2D eigenvalue weighted by Gasteiger charge is -2.16. The van der Waals surface area contributed by atoms with E-state index in [1.807, 2.05) is 31.2 Å². The van der Waals surface area contributed by atoms with E-state index in [2.05, 4.69) is 6.58 Å². The Kier molecular flexibility index (Phi) is 1.62. The van der Waals surface area contributed by atoms with Gasteiger partial charge in [-0.3, -0.25) is 0 Å². The van der Waals surface area contributed by atoms with Crippen LogP contribution in [0.1, 0.15) is 11.1 Å². The van der Waals surface area contributed by atoms with Crippen LogP contribution in [0.5, 0.6) is 5.75 Å². The van der Waals surface area contributed by atoms with Crippen LogP contribution >= 0.6 is 0 Å². The molecule has 1 aliphatic heterocycles. The smallest absolute Gasteiger partial charge is 0.135 e. The van der Waals surface area contributed by atoms with Crippen molar-refractivity contribution in [3.63, 3.8) is 0 Å². The Morgan fingerprint density at radius 2 is 2.08 bits per heavy atom. The topological polar surface area (TPSA) is 35.2 Å². The summed E-state index contributed by atoms with van der Waals surface area (Å²) >= 11 is 0. The molecule has 0 unspecified atom stereocenters. The van der Waals surface area contributed by atoms with Gasteiger partial charge in [-0.1, -0.05) is 6.58 Å². The van der Waals surface area contributed by atoms with Crippen molar-refractivity contribution in [1.29, 1.82) is 0 Å². The summed E-state index contributed by atoms with van der Waals surface area (Å²) in [5, 5.41) is 0. The molecule has 1 aromatic carbocycles. The molecule has 0 saturated carbocycles. The second-order valence-electron chi connectivity index (χ2n) is 3.09. The van der Waals surface area contributed by atoms with Crippen molar-refractivity contribution in [2.75, 3.05) is 5.73 Å². The van der Waals surface area contributed by atoms with Crippen molar-refractivity contribution in [3.05, 3.63) is 41.7 Å². The molecule has 0 saturated heterocycles. The van der Waals surface area contributed by atoms with E-state index in [1.165, 1.54) is 0 Å². The third kappa shape index (κ3) is 1.20. The lowest BCUT2D eigenvalue weighted by molar-refractivity contribution is 0.442. The van der Waals surface area contributed by atoms with Crippen LogP contribution in [0.15, 0.2) is 30.5 Å². The van der Waals surface area contributed by atoms with Gasteiger partial charge >= 0.3 is 0 Å². The Morgan fingerprint density at radius 1 is 1.31 bits per heavy atom. The van der Waals surface area contributed by atoms with E-state index in [1.54, 1.807) is 0 Å². The molecule has 66 valence electrons. The summed E-state index contributed by atoms with van der Waals surface area (Å²) in [4.78, 5) is 0. The lowest BCUT2D eigenvalue weighted by atomic mass is 10.0. The zero-order valence-corrected chi connectivity index (χ0v) is 7.50. The molecule has 0 radical (unpaired) electrons. The highest BCUT2D eigenvalue weighted by Crippen LogP contribution is 2.32. The third-order valence-electron chi connectivity index (χ3n) is 2.19. The van der Waals surface area contributed by atoms with E-state index < -0.39 is 0 Å². The standard InChI is InChI=1S/C11H11NO/c1-7-3-4-9-8(2)10(12)5-6-11(9)13-7/h3-6H,1,12H2,2H3. The first kappa shape index (κ1) is 7.92. The van der Waals surface area contributed by atoms with Gasteiger partial charge in [0, 0.05) is 11.3 Å². The van der Waals surface area contributed by atoms with Crippen molar-refractivity contribution in [2.45, 2.75) is 6.92 Å². The molecule has 0 atom stereocenters. The van der Waals surface area contributed by atoms with Crippen molar-refractivity contribution in [2.24, 2.45) is 0 Å². The van der Waals surface area contributed by atoms with Crippen LogP contribution < -0.4 is 10.5 Å². The van der Waals surface area contributed by atoms with Gasteiger partial charge in [0.05, 0.1) is 0 Å². The molecule has 0 bridgehead atoms. The highest BCUT2D eigenvalue weighted by Gasteiger charge is 2.11. The third-order valence-corrected chi connectivity index (χ3v) is 2.19. The first-order chi connectivity index (χ1) is 6.18. The summed E-state index contributed by atoms with van der Waals surface area (Å²) in [6, 6.07) is 3.72. The molecule has 1 aromatic rings. The van der Waals surface area contributed by atoms with Gasteiger partial charge in [0.2, 0.25) is 0 Å². The lowest BCUT2D eigenvalue weighted by Crippen LogP contribution is -2.01. The van der Waals surface area contributed by atoms with Crippen molar-refractivity contribution in [3.8, 4) is 5.75 Å². The average molecular weight is 173 g/mol. The molecule has 1 aliphatic rings. The molecule has 0 aromatic heterocycles. The number of anilines is 1. The van der Waals surface area contributed by atoms with E-state index >= 15 is 0 Å². The maximum Gasteiger partial charge on any atom is 0.135 e. The first-order valence-electron chi connectivity index (χ1n) is 4.12. The van der Waals surface area contributed by atoms with Crippen LogP contribution in [0.3, 0.4) is 0 Å². The summed E-state index contributed by atoms with van der Waals surface area (Å²) in [6.45, 7) is 5.71. The largest absolute Gasteiger partial charge is 0.457 e.